The number of aromatic nitrogens is 2. The fourth-order valence-corrected chi connectivity index (χ4v) is 2.01. The van der Waals surface area contributed by atoms with Gasteiger partial charge in [0.25, 0.3) is 0 Å². The van der Waals surface area contributed by atoms with Gasteiger partial charge in [0.1, 0.15) is 11.4 Å². The molecule has 6 nitrogen and oxygen atoms in total. The van der Waals surface area contributed by atoms with Crippen molar-refractivity contribution in [3.63, 3.8) is 0 Å². The summed E-state index contributed by atoms with van der Waals surface area (Å²) in [7, 11) is 1.31. The summed E-state index contributed by atoms with van der Waals surface area (Å²) in [6, 6.07) is 7.09. The molecule has 3 N–H and O–H groups in total. The van der Waals surface area contributed by atoms with E-state index < -0.39 is 5.97 Å². The smallest absolute Gasteiger partial charge is 0.345 e. The van der Waals surface area contributed by atoms with Crippen molar-refractivity contribution in [2.75, 3.05) is 18.2 Å². The Kier molecular flexibility index (Phi) is 4.37. The molecular weight excluding hydrogens is 292 g/mol. The van der Waals surface area contributed by atoms with E-state index in [0.717, 1.165) is 0 Å². The van der Waals surface area contributed by atoms with Gasteiger partial charge >= 0.3 is 5.97 Å². The van der Waals surface area contributed by atoms with Crippen LogP contribution < -0.4 is 11.1 Å². The molecule has 2 aromatic rings. The number of methoxy groups -OCH3 is 1. The Morgan fingerprint density at radius 2 is 2.00 bits per heavy atom. The molecule has 0 radical (unpaired) electrons. The van der Waals surface area contributed by atoms with Gasteiger partial charge in [0.2, 0.25) is 0 Å². The number of nitrogens with zero attached hydrogens (tertiary/aromatic N) is 2. The van der Waals surface area contributed by atoms with Crippen molar-refractivity contribution < 1.29 is 9.53 Å². The van der Waals surface area contributed by atoms with Gasteiger partial charge in [-0.1, -0.05) is 11.6 Å². The average molecular weight is 309 g/mol. The molecule has 0 saturated carbocycles. The van der Waals surface area contributed by atoms with Crippen molar-refractivity contribution in [2.24, 2.45) is 0 Å². The van der Waals surface area contributed by atoms with Gasteiger partial charge in [-0.05, 0) is 38.1 Å². The second-order valence-corrected chi connectivity index (χ2v) is 5.22. The Balaban J connectivity index is 2.55. The number of hydrogen-bond donors (Lipinski definition) is 2. The van der Waals surface area contributed by atoms with Gasteiger partial charge in [-0.15, -0.1) is 5.10 Å². The van der Waals surface area contributed by atoms with Crippen molar-refractivity contribution >= 4 is 29.2 Å². The first kappa shape index (κ1) is 15.2. The van der Waals surface area contributed by atoms with Gasteiger partial charge in [-0.25, -0.2) is 9.48 Å². The number of hydrogen-bond acceptors (Lipinski definition) is 5. The predicted octanol–water partition coefficient (Wildman–Crippen LogP) is 2.71. The molecule has 0 saturated heterocycles. The van der Waals surface area contributed by atoms with Crippen LogP contribution in [0.2, 0.25) is 5.02 Å². The highest BCUT2D eigenvalue weighted by Gasteiger charge is 2.24. The van der Waals surface area contributed by atoms with Crippen LogP contribution in [0, 0.1) is 0 Å². The topological polar surface area (TPSA) is 82.2 Å². The average Bonchev–Trinajstić information content (AvgIpc) is 2.75. The van der Waals surface area contributed by atoms with Crippen LogP contribution in [-0.2, 0) is 4.74 Å². The van der Waals surface area contributed by atoms with E-state index in [0.29, 0.717) is 16.5 Å². The first-order valence-corrected chi connectivity index (χ1v) is 6.81. The summed E-state index contributed by atoms with van der Waals surface area (Å²) >= 11 is 5.87. The van der Waals surface area contributed by atoms with E-state index in [4.69, 9.17) is 22.1 Å². The van der Waals surface area contributed by atoms with Crippen LogP contribution in [0.1, 0.15) is 24.2 Å². The SMILES string of the molecule is COC(=O)c1c(NC(C)C)nn(-c2ccc(Cl)cc2)c1N. The molecule has 0 amide bonds. The van der Waals surface area contributed by atoms with Crippen molar-refractivity contribution in [2.45, 2.75) is 19.9 Å². The highest BCUT2D eigenvalue weighted by molar-refractivity contribution is 6.30. The van der Waals surface area contributed by atoms with Crippen molar-refractivity contribution in [1.29, 1.82) is 0 Å². The molecule has 0 aliphatic rings. The molecule has 0 atom stereocenters. The van der Waals surface area contributed by atoms with E-state index >= 15 is 0 Å². The number of rotatable bonds is 4. The Bertz CT molecular complexity index is 650. The third-order valence-electron chi connectivity index (χ3n) is 2.81. The molecule has 1 aromatic carbocycles. The Hall–Kier alpha value is -2.21. The fraction of sp³-hybridized carbons (Fsp3) is 0.286. The van der Waals surface area contributed by atoms with E-state index in [-0.39, 0.29) is 17.4 Å². The molecule has 0 aliphatic heterocycles. The number of nitrogens with two attached hydrogens (primary N) is 1. The fourth-order valence-electron chi connectivity index (χ4n) is 1.89. The Morgan fingerprint density at radius 1 is 1.38 bits per heavy atom. The van der Waals surface area contributed by atoms with E-state index in [9.17, 15) is 4.79 Å². The van der Waals surface area contributed by atoms with Crippen LogP contribution in [-0.4, -0.2) is 28.9 Å². The highest BCUT2D eigenvalue weighted by Crippen LogP contribution is 2.26. The van der Waals surface area contributed by atoms with Gasteiger partial charge in [0.05, 0.1) is 12.8 Å². The molecule has 0 unspecified atom stereocenters. The number of carbonyl (C=O) groups is 1. The van der Waals surface area contributed by atoms with Gasteiger partial charge in [0.15, 0.2) is 5.82 Å². The number of ether oxygens (including phenoxy) is 1. The number of carbonyl (C=O) groups excluding carboxylic acids is 1. The first-order valence-electron chi connectivity index (χ1n) is 6.43. The number of nitrogen functional groups attached to an aromatic ring is 1. The molecule has 0 spiro atoms. The van der Waals surface area contributed by atoms with Gasteiger partial charge < -0.3 is 15.8 Å². The summed E-state index contributed by atoms with van der Waals surface area (Å²) in [5.74, 6) is 0.0764. The molecule has 0 bridgehead atoms. The lowest BCUT2D eigenvalue weighted by molar-refractivity contribution is 0.0603. The third-order valence-corrected chi connectivity index (χ3v) is 3.06. The molecule has 0 fully saturated rings. The number of benzene rings is 1. The number of nitrogens with one attached hydrogen (secondary N) is 1. The quantitative estimate of drug-likeness (QED) is 0.849. The zero-order chi connectivity index (χ0) is 15.6. The minimum atomic E-state index is -0.532. The van der Waals surface area contributed by atoms with Crippen LogP contribution >= 0.6 is 11.6 Å². The highest BCUT2D eigenvalue weighted by atomic mass is 35.5. The van der Waals surface area contributed by atoms with E-state index in [1.54, 1.807) is 24.3 Å². The number of esters is 1. The largest absolute Gasteiger partial charge is 0.465 e. The monoisotopic (exact) mass is 308 g/mol. The normalized spacial score (nSPS) is 10.7. The van der Waals surface area contributed by atoms with Crippen LogP contribution in [0.25, 0.3) is 5.69 Å². The second kappa shape index (κ2) is 6.05. The van der Waals surface area contributed by atoms with Crippen LogP contribution in [0.5, 0.6) is 0 Å². The lowest BCUT2D eigenvalue weighted by Gasteiger charge is -2.07. The van der Waals surface area contributed by atoms with Crippen molar-refractivity contribution in [1.82, 2.24) is 9.78 Å². The summed E-state index contributed by atoms with van der Waals surface area (Å²) in [5.41, 5.74) is 6.98. The molecule has 0 aliphatic carbocycles. The summed E-state index contributed by atoms with van der Waals surface area (Å²) in [5, 5.41) is 8.06. The molecule has 1 heterocycles. The summed E-state index contributed by atoms with van der Waals surface area (Å²) < 4.78 is 6.25. The van der Waals surface area contributed by atoms with Gasteiger partial charge in [-0.2, -0.15) is 0 Å². The summed E-state index contributed by atoms with van der Waals surface area (Å²) in [6.45, 7) is 3.89. The predicted molar refractivity (Wildman–Crippen MR) is 83.1 cm³/mol. The van der Waals surface area contributed by atoms with Gasteiger partial charge in [-0.3, -0.25) is 0 Å². The lowest BCUT2D eigenvalue weighted by atomic mass is 10.2. The third kappa shape index (κ3) is 3.11. The Labute approximate surface area is 127 Å². The molecule has 7 heteroatoms. The van der Waals surface area contributed by atoms with Gasteiger partial charge in [0, 0.05) is 11.1 Å². The molecular formula is C14H17ClN4O2. The van der Waals surface area contributed by atoms with Crippen LogP contribution in [0.4, 0.5) is 11.6 Å². The van der Waals surface area contributed by atoms with E-state index in [1.807, 2.05) is 13.8 Å². The zero-order valence-corrected chi connectivity index (χ0v) is 12.8. The molecule has 2 rings (SSSR count). The number of halogens is 1. The van der Waals surface area contributed by atoms with Crippen molar-refractivity contribution in [3.8, 4) is 5.69 Å². The minimum Gasteiger partial charge on any atom is -0.465 e. The van der Waals surface area contributed by atoms with Crippen LogP contribution in [0.3, 0.4) is 0 Å². The maximum atomic E-state index is 11.9. The zero-order valence-electron chi connectivity index (χ0n) is 12.1. The number of anilines is 2. The maximum absolute atomic E-state index is 11.9. The maximum Gasteiger partial charge on any atom is 0.345 e. The van der Waals surface area contributed by atoms with E-state index in [2.05, 4.69) is 10.4 Å². The molecule has 21 heavy (non-hydrogen) atoms. The first-order chi connectivity index (χ1) is 9.93. The van der Waals surface area contributed by atoms with Crippen molar-refractivity contribution in [3.05, 3.63) is 34.9 Å². The minimum absolute atomic E-state index is 0.0985. The summed E-state index contributed by atoms with van der Waals surface area (Å²) in [6.07, 6.45) is 0. The standard InChI is InChI=1S/C14H17ClN4O2/c1-8(2)17-13-11(14(20)21-3)12(16)19(18-13)10-6-4-9(15)5-7-10/h4-8H,16H2,1-3H3,(H,17,18). The second-order valence-electron chi connectivity index (χ2n) is 4.79. The summed E-state index contributed by atoms with van der Waals surface area (Å²) in [4.78, 5) is 11.9. The van der Waals surface area contributed by atoms with E-state index in [1.165, 1.54) is 11.8 Å². The lowest BCUT2D eigenvalue weighted by Crippen LogP contribution is -2.14. The Morgan fingerprint density at radius 3 is 2.52 bits per heavy atom. The molecule has 112 valence electrons. The molecule has 1 aromatic heterocycles. The van der Waals surface area contributed by atoms with Crippen LogP contribution in [0.15, 0.2) is 24.3 Å².